The third-order valence-corrected chi connectivity index (χ3v) is 6.66. The minimum absolute atomic E-state index is 0.100. The summed E-state index contributed by atoms with van der Waals surface area (Å²) in [5.41, 5.74) is 1.02. The molecule has 4 rings (SSSR count). The van der Waals surface area contributed by atoms with E-state index < -0.39 is 0 Å². The largest absolute Gasteiger partial charge is 0.457 e. The van der Waals surface area contributed by atoms with Crippen LogP contribution in [-0.4, -0.2) is 43.5 Å². The summed E-state index contributed by atoms with van der Waals surface area (Å²) in [6.07, 6.45) is 3.09. The summed E-state index contributed by atoms with van der Waals surface area (Å²) in [7, 11) is 0. The average molecular weight is 413 g/mol. The molecule has 0 bridgehead atoms. The van der Waals surface area contributed by atoms with E-state index in [1.807, 2.05) is 54.6 Å². The fourth-order valence-electron chi connectivity index (χ4n) is 3.70. The Morgan fingerprint density at radius 1 is 1.00 bits per heavy atom. The van der Waals surface area contributed by atoms with Crippen LogP contribution >= 0.6 is 11.8 Å². The Labute approximate surface area is 176 Å². The van der Waals surface area contributed by atoms with Gasteiger partial charge in [0.05, 0.1) is 0 Å². The Balaban J connectivity index is 1.32. The number of para-hydroxylation sites is 1. The van der Waals surface area contributed by atoms with Crippen LogP contribution in [0.25, 0.3) is 0 Å². The molecule has 2 aromatic rings. The third kappa shape index (κ3) is 5.75. The highest BCUT2D eigenvalue weighted by molar-refractivity contribution is 8.00. The predicted molar refractivity (Wildman–Crippen MR) is 117 cm³/mol. The molecule has 2 atom stereocenters. The zero-order chi connectivity index (χ0) is 19.9. The maximum atomic E-state index is 12.8. The van der Waals surface area contributed by atoms with Crippen LogP contribution in [0.15, 0.2) is 54.6 Å². The van der Waals surface area contributed by atoms with Gasteiger partial charge in [0.25, 0.3) is 0 Å². The topological polar surface area (TPSA) is 59.6 Å². The van der Waals surface area contributed by atoms with Crippen molar-refractivity contribution in [3.05, 3.63) is 60.2 Å². The van der Waals surface area contributed by atoms with Crippen molar-refractivity contribution in [3.63, 3.8) is 0 Å². The lowest BCUT2D eigenvalue weighted by atomic mass is 10.1. The molecule has 5 nitrogen and oxygen atoms in total. The Bertz CT molecular complexity index is 778. The van der Waals surface area contributed by atoms with E-state index in [1.54, 1.807) is 11.8 Å². The highest BCUT2D eigenvalue weighted by Gasteiger charge is 2.28. The van der Waals surface area contributed by atoms with Gasteiger partial charge in [0, 0.05) is 31.8 Å². The van der Waals surface area contributed by atoms with Crippen LogP contribution in [0, 0.1) is 0 Å². The lowest BCUT2D eigenvalue weighted by Crippen LogP contribution is -2.46. The predicted octanol–water partition coefficient (Wildman–Crippen LogP) is 3.91. The van der Waals surface area contributed by atoms with Crippen molar-refractivity contribution < 1.29 is 14.3 Å². The zero-order valence-electron chi connectivity index (χ0n) is 16.5. The second-order valence-electron chi connectivity index (χ2n) is 7.52. The van der Waals surface area contributed by atoms with Gasteiger partial charge in [-0.1, -0.05) is 30.3 Å². The minimum atomic E-state index is -0.172. The summed E-state index contributed by atoms with van der Waals surface area (Å²) in [5, 5.41) is 6.67. The van der Waals surface area contributed by atoms with Gasteiger partial charge in [-0.15, -0.1) is 11.8 Å². The molecule has 154 valence electrons. The standard InChI is InChI=1S/C23H28N2O3S/c26-23-22(17-6-8-21(9-7-17)28-20-4-2-1-3-5-20)29-15-12-19(25-23)16-24-18-10-13-27-14-11-18/h1-9,18-19,22,24H,10-16H2,(H,25,26)/t19-,22+/m0/s1. The molecule has 0 unspecified atom stereocenters. The van der Waals surface area contributed by atoms with E-state index in [2.05, 4.69) is 10.6 Å². The summed E-state index contributed by atoms with van der Waals surface area (Å²) in [6.45, 7) is 2.49. The van der Waals surface area contributed by atoms with Gasteiger partial charge in [0.2, 0.25) is 5.91 Å². The second-order valence-corrected chi connectivity index (χ2v) is 8.74. The Hall–Kier alpha value is -2.02. The van der Waals surface area contributed by atoms with Crippen LogP contribution in [-0.2, 0) is 9.53 Å². The van der Waals surface area contributed by atoms with Crippen molar-refractivity contribution in [1.82, 2.24) is 10.6 Å². The normalized spacial score (nSPS) is 23.2. The number of nitrogens with one attached hydrogen (secondary N) is 2. The molecule has 0 saturated carbocycles. The molecule has 29 heavy (non-hydrogen) atoms. The van der Waals surface area contributed by atoms with Gasteiger partial charge in [-0.05, 0) is 54.8 Å². The summed E-state index contributed by atoms with van der Waals surface area (Å²) in [5.74, 6) is 2.65. The number of carbonyl (C=O) groups excluding carboxylic acids is 1. The number of benzene rings is 2. The SMILES string of the molecule is O=C1N[C@H](CNC2CCOCC2)CCS[C@@H]1c1ccc(Oc2ccccc2)cc1. The lowest BCUT2D eigenvalue weighted by Gasteiger charge is -2.26. The van der Waals surface area contributed by atoms with Crippen molar-refractivity contribution in [2.75, 3.05) is 25.5 Å². The van der Waals surface area contributed by atoms with Crippen LogP contribution in [0.1, 0.15) is 30.1 Å². The second kappa shape index (κ2) is 10.1. The van der Waals surface area contributed by atoms with Crippen LogP contribution in [0.5, 0.6) is 11.5 Å². The highest BCUT2D eigenvalue weighted by atomic mass is 32.2. The Morgan fingerprint density at radius 3 is 2.48 bits per heavy atom. The Morgan fingerprint density at radius 2 is 1.72 bits per heavy atom. The van der Waals surface area contributed by atoms with Crippen molar-refractivity contribution in [1.29, 1.82) is 0 Å². The molecule has 6 heteroatoms. The maximum absolute atomic E-state index is 12.8. The number of hydrogen-bond acceptors (Lipinski definition) is 5. The first-order chi connectivity index (χ1) is 14.3. The summed E-state index contributed by atoms with van der Waals surface area (Å²) in [4.78, 5) is 12.8. The monoisotopic (exact) mass is 412 g/mol. The molecule has 0 radical (unpaired) electrons. The fraction of sp³-hybridized carbons (Fsp3) is 0.435. The number of hydrogen-bond donors (Lipinski definition) is 2. The van der Waals surface area contributed by atoms with Crippen LogP contribution in [0.2, 0.25) is 0 Å². The molecular formula is C23H28N2O3S. The van der Waals surface area contributed by atoms with Crippen molar-refractivity contribution >= 4 is 17.7 Å². The number of carbonyl (C=O) groups is 1. The van der Waals surface area contributed by atoms with E-state index >= 15 is 0 Å². The molecule has 0 aliphatic carbocycles. The fourth-order valence-corrected chi connectivity index (χ4v) is 4.92. The van der Waals surface area contributed by atoms with E-state index in [1.165, 1.54) is 0 Å². The summed E-state index contributed by atoms with van der Waals surface area (Å²) < 4.78 is 11.3. The lowest BCUT2D eigenvalue weighted by molar-refractivity contribution is -0.121. The quantitative estimate of drug-likeness (QED) is 0.753. The first-order valence-electron chi connectivity index (χ1n) is 10.3. The van der Waals surface area contributed by atoms with Crippen molar-refractivity contribution in [2.45, 2.75) is 36.6 Å². The number of thioether (sulfide) groups is 1. The van der Waals surface area contributed by atoms with Gasteiger partial charge in [-0.3, -0.25) is 4.79 Å². The molecule has 0 aromatic heterocycles. The molecule has 2 aromatic carbocycles. The highest BCUT2D eigenvalue weighted by Crippen LogP contribution is 2.33. The van der Waals surface area contributed by atoms with Gasteiger partial charge in [-0.2, -0.15) is 0 Å². The molecule has 2 aliphatic rings. The molecule has 2 N–H and O–H groups in total. The van der Waals surface area contributed by atoms with E-state index in [0.717, 1.165) is 61.8 Å². The van der Waals surface area contributed by atoms with Gasteiger partial charge >= 0.3 is 0 Å². The van der Waals surface area contributed by atoms with Crippen LogP contribution < -0.4 is 15.4 Å². The van der Waals surface area contributed by atoms with Crippen molar-refractivity contribution in [3.8, 4) is 11.5 Å². The van der Waals surface area contributed by atoms with Crippen LogP contribution in [0.3, 0.4) is 0 Å². The summed E-state index contributed by atoms with van der Waals surface area (Å²) >= 11 is 1.72. The van der Waals surface area contributed by atoms with Gasteiger partial charge in [-0.25, -0.2) is 0 Å². The Kier molecular flexibility index (Phi) is 7.09. The molecule has 1 amide bonds. The van der Waals surface area contributed by atoms with E-state index in [0.29, 0.717) is 6.04 Å². The van der Waals surface area contributed by atoms with E-state index in [-0.39, 0.29) is 17.2 Å². The molecule has 2 saturated heterocycles. The molecular weight excluding hydrogens is 384 g/mol. The van der Waals surface area contributed by atoms with Crippen molar-refractivity contribution in [2.24, 2.45) is 0 Å². The minimum Gasteiger partial charge on any atom is -0.457 e. The summed E-state index contributed by atoms with van der Waals surface area (Å²) in [6, 6.07) is 18.3. The van der Waals surface area contributed by atoms with E-state index in [9.17, 15) is 4.79 Å². The third-order valence-electron chi connectivity index (χ3n) is 5.37. The van der Waals surface area contributed by atoms with Gasteiger partial charge in [0.1, 0.15) is 16.7 Å². The van der Waals surface area contributed by atoms with Crippen LogP contribution in [0.4, 0.5) is 0 Å². The smallest absolute Gasteiger partial charge is 0.237 e. The number of rotatable bonds is 6. The molecule has 2 fully saturated rings. The zero-order valence-corrected chi connectivity index (χ0v) is 17.3. The number of ether oxygens (including phenoxy) is 2. The molecule has 2 heterocycles. The van der Waals surface area contributed by atoms with E-state index in [4.69, 9.17) is 9.47 Å². The van der Waals surface area contributed by atoms with Gasteiger partial charge < -0.3 is 20.1 Å². The average Bonchev–Trinajstić information content (AvgIpc) is 2.95. The maximum Gasteiger partial charge on any atom is 0.237 e. The van der Waals surface area contributed by atoms with Gasteiger partial charge in [0.15, 0.2) is 0 Å². The number of amides is 1. The first-order valence-corrected chi connectivity index (χ1v) is 11.4. The molecule has 0 spiro atoms. The first kappa shape index (κ1) is 20.3. The molecule has 2 aliphatic heterocycles.